The zero-order valence-corrected chi connectivity index (χ0v) is 29.1. The molecule has 0 unspecified atom stereocenters. The Balaban J connectivity index is 1.27. The van der Waals surface area contributed by atoms with E-state index in [9.17, 15) is 14.4 Å². The number of esters is 2. The standard InChI is InChI=1S/C37H58O9/c1-7-11-27(40)13-12-23(2)28-14-15-29-33-30(21-32(35(28,29)6)42-25(4)39)34(5)18-19-37(22-26(34)20-31(33)41-24(3)38)45-43-36(44-46-37)16-9-8-10-17-36/h23,26,28-33H,7-22H2,1-6H3/t23-,26-,28-,29+,30+,31-,32+,33+,34+,35-/m1/s1. The Morgan fingerprint density at radius 3 is 2.13 bits per heavy atom. The molecule has 1 heterocycles. The highest BCUT2D eigenvalue weighted by Crippen LogP contribution is 2.70. The molecule has 5 saturated carbocycles. The minimum atomic E-state index is -0.984. The van der Waals surface area contributed by atoms with Crippen LogP contribution in [0.4, 0.5) is 0 Å². The molecule has 0 aromatic carbocycles. The van der Waals surface area contributed by atoms with Crippen molar-refractivity contribution >= 4 is 17.7 Å². The van der Waals surface area contributed by atoms with Gasteiger partial charge in [-0.05, 0) is 92.8 Å². The first kappa shape index (κ1) is 34.3. The number of hydrogen-bond acceptors (Lipinski definition) is 9. The molecule has 260 valence electrons. The monoisotopic (exact) mass is 646 g/mol. The van der Waals surface area contributed by atoms with Gasteiger partial charge in [-0.15, -0.1) is 0 Å². The van der Waals surface area contributed by atoms with Crippen molar-refractivity contribution in [2.45, 2.75) is 168 Å². The van der Waals surface area contributed by atoms with Crippen LogP contribution in [0.2, 0.25) is 0 Å². The van der Waals surface area contributed by atoms with Crippen LogP contribution in [0.3, 0.4) is 0 Å². The van der Waals surface area contributed by atoms with Gasteiger partial charge in [0.25, 0.3) is 0 Å². The predicted octanol–water partition coefficient (Wildman–Crippen LogP) is 7.78. The summed E-state index contributed by atoms with van der Waals surface area (Å²) in [6.07, 6.45) is 12.8. The van der Waals surface area contributed by atoms with Gasteiger partial charge in [0.15, 0.2) is 0 Å². The predicted molar refractivity (Wildman–Crippen MR) is 168 cm³/mol. The Bertz CT molecular complexity index is 1140. The van der Waals surface area contributed by atoms with Gasteiger partial charge < -0.3 is 9.47 Å². The minimum Gasteiger partial charge on any atom is -0.462 e. The summed E-state index contributed by atoms with van der Waals surface area (Å²) >= 11 is 0. The van der Waals surface area contributed by atoms with Crippen LogP contribution in [0.25, 0.3) is 0 Å². The van der Waals surface area contributed by atoms with E-state index in [0.29, 0.717) is 43.3 Å². The molecule has 0 aromatic rings. The summed E-state index contributed by atoms with van der Waals surface area (Å²) in [5.41, 5.74) is -0.349. The summed E-state index contributed by atoms with van der Waals surface area (Å²) in [5.74, 6) is -0.563. The van der Waals surface area contributed by atoms with E-state index in [4.69, 9.17) is 29.0 Å². The second-order valence-corrected chi connectivity index (χ2v) is 16.5. The molecule has 0 bridgehead atoms. The highest BCUT2D eigenvalue weighted by atomic mass is 17.4. The van der Waals surface area contributed by atoms with Crippen molar-refractivity contribution in [3.8, 4) is 0 Å². The first-order valence-corrected chi connectivity index (χ1v) is 18.4. The van der Waals surface area contributed by atoms with E-state index < -0.39 is 11.6 Å². The van der Waals surface area contributed by atoms with Crippen LogP contribution in [0, 0.1) is 46.3 Å². The first-order valence-electron chi connectivity index (χ1n) is 18.4. The van der Waals surface area contributed by atoms with Crippen molar-refractivity contribution in [1.82, 2.24) is 0 Å². The lowest BCUT2D eigenvalue weighted by Crippen LogP contribution is -2.65. The van der Waals surface area contributed by atoms with Gasteiger partial charge >= 0.3 is 11.9 Å². The number of rotatable bonds is 8. The van der Waals surface area contributed by atoms with Crippen LogP contribution in [0.15, 0.2) is 0 Å². The highest BCUT2D eigenvalue weighted by Gasteiger charge is 2.69. The molecule has 0 N–H and O–H groups in total. The summed E-state index contributed by atoms with van der Waals surface area (Å²) in [7, 11) is 0. The average molecular weight is 647 g/mol. The Kier molecular flexibility index (Phi) is 9.74. The summed E-state index contributed by atoms with van der Waals surface area (Å²) < 4.78 is 12.6. The second-order valence-electron chi connectivity index (χ2n) is 16.5. The minimum absolute atomic E-state index is 0.0880. The molecule has 1 aliphatic heterocycles. The molecule has 6 fully saturated rings. The number of ketones is 1. The second kappa shape index (κ2) is 13.1. The molecule has 10 atom stereocenters. The molecule has 6 rings (SSSR count). The van der Waals surface area contributed by atoms with E-state index >= 15 is 0 Å². The molecular weight excluding hydrogens is 588 g/mol. The van der Waals surface area contributed by atoms with Gasteiger partial charge in [-0.3, -0.25) is 14.4 Å². The zero-order chi connectivity index (χ0) is 32.9. The average Bonchev–Trinajstić information content (AvgIpc) is 3.37. The molecule has 0 radical (unpaired) electrons. The lowest BCUT2D eigenvalue weighted by atomic mass is 9.42. The number of fused-ring (bicyclic) bond motifs is 5. The van der Waals surface area contributed by atoms with Gasteiger partial charge in [0.1, 0.15) is 18.0 Å². The van der Waals surface area contributed by atoms with Crippen molar-refractivity contribution < 1.29 is 43.4 Å². The molecule has 5 aliphatic carbocycles. The molecule has 2 spiro atoms. The Hall–Kier alpha value is -1.55. The van der Waals surface area contributed by atoms with Crippen molar-refractivity contribution in [3.63, 3.8) is 0 Å². The van der Waals surface area contributed by atoms with Gasteiger partial charge in [0.05, 0.1) is 0 Å². The molecular formula is C37H58O9. The third-order valence-corrected chi connectivity index (χ3v) is 13.8. The number of carbonyl (C=O) groups is 3. The van der Waals surface area contributed by atoms with Gasteiger partial charge in [-0.1, -0.05) is 34.1 Å². The Labute approximate surface area is 275 Å². The lowest BCUT2D eigenvalue weighted by molar-refractivity contribution is -0.665. The maximum atomic E-state index is 12.7. The zero-order valence-electron chi connectivity index (χ0n) is 29.1. The van der Waals surface area contributed by atoms with E-state index in [1.165, 1.54) is 13.8 Å². The normalized spacial score (nSPS) is 41.6. The van der Waals surface area contributed by atoms with Crippen molar-refractivity contribution in [2.75, 3.05) is 0 Å². The fourth-order valence-corrected chi connectivity index (χ4v) is 11.5. The Morgan fingerprint density at radius 1 is 0.804 bits per heavy atom. The van der Waals surface area contributed by atoms with Gasteiger partial charge in [0.2, 0.25) is 11.6 Å². The van der Waals surface area contributed by atoms with Crippen LogP contribution in [0.1, 0.15) is 144 Å². The molecule has 0 aromatic heterocycles. The number of hydrogen-bond donors (Lipinski definition) is 0. The third-order valence-electron chi connectivity index (χ3n) is 13.8. The number of carbonyl (C=O) groups excluding carboxylic acids is 3. The van der Waals surface area contributed by atoms with E-state index in [1.54, 1.807) is 0 Å². The van der Waals surface area contributed by atoms with E-state index in [1.807, 2.05) is 0 Å². The van der Waals surface area contributed by atoms with Crippen LogP contribution >= 0.6 is 0 Å². The quantitative estimate of drug-likeness (QED) is 0.193. The summed E-state index contributed by atoms with van der Waals surface area (Å²) in [4.78, 5) is 62.1. The van der Waals surface area contributed by atoms with Crippen LogP contribution in [-0.4, -0.2) is 41.5 Å². The molecule has 6 aliphatic rings. The third kappa shape index (κ3) is 6.09. The van der Waals surface area contributed by atoms with Crippen molar-refractivity contribution in [3.05, 3.63) is 0 Å². The van der Waals surface area contributed by atoms with Crippen molar-refractivity contribution in [1.29, 1.82) is 0 Å². The summed E-state index contributed by atoms with van der Waals surface area (Å²) in [6, 6.07) is 0. The Morgan fingerprint density at radius 2 is 1.48 bits per heavy atom. The highest BCUT2D eigenvalue weighted by molar-refractivity contribution is 5.78. The molecule has 9 nitrogen and oxygen atoms in total. The fourth-order valence-electron chi connectivity index (χ4n) is 11.5. The number of ether oxygens (including phenoxy) is 2. The SMILES string of the molecule is CCCC(=O)CC[C@@H](C)[C@H]1CC[C@H]2[C@@H]3[C@H](OC(C)=O)C[C@@H]4CC5(CC[C@]4(C)[C@H]3C[C@H](OC(C)=O)[C@]12C)OOC1(CCCCC1)OO5. The molecule has 1 saturated heterocycles. The van der Waals surface area contributed by atoms with Crippen molar-refractivity contribution in [2.24, 2.45) is 46.3 Å². The topological polar surface area (TPSA) is 107 Å². The van der Waals surface area contributed by atoms with Gasteiger partial charge in [-0.2, -0.15) is 19.6 Å². The molecule has 46 heavy (non-hydrogen) atoms. The van der Waals surface area contributed by atoms with E-state index in [-0.39, 0.29) is 58.6 Å². The van der Waals surface area contributed by atoms with Gasteiger partial charge in [-0.25, -0.2) is 0 Å². The largest absolute Gasteiger partial charge is 0.462 e. The smallest absolute Gasteiger partial charge is 0.302 e. The van der Waals surface area contributed by atoms with E-state index in [0.717, 1.165) is 77.0 Å². The van der Waals surface area contributed by atoms with E-state index in [2.05, 4.69) is 27.7 Å². The van der Waals surface area contributed by atoms with Crippen LogP contribution in [0.5, 0.6) is 0 Å². The molecule has 9 heteroatoms. The number of Topliss-reactive ketones (excluding diaryl/α,β-unsaturated/α-hetero) is 1. The maximum Gasteiger partial charge on any atom is 0.302 e. The van der Waals surface area contributed by atoms with Crippen LogP contribution in [-0.2, 0) is 43.4 Å². The fraction of sp³-hybridized carbons (Fsp3) is 0.919. The maximum absolute atomic E-state index is 12.7. The van der Waals surface area contributed by atoms with Crippen LogP contribution < -0.4 is 0 Å². The summed E-state index contributed by atoms with van der Waals surface area (Å²) in [5, 5.41) is 0. The molecule has 0 amide bonds. The lowest BCUT2D eigenvalue weighted by Gasteiger charge is -2.65. The van der Waals surface area contributed by atoms with Gasteiger partial charge in [0, 0.05) is 63.7 Å². The first-order chi connectivity index (χ1) is 21.8. The summed E-state index contributed by atoms with van der Waals surface area (Å²) in [6.45, 7) is 12.1.